The van der Waals surface area contributed by atoms with E-state index in [1.165, 1.54) is 22.5 Å². The molecule has 2 aromatic heterocycles. The molecule has 0 aliphatic rings. The first-order chi connectivity index (χ1) is 10.1. The van der Waals surface area contributed by atoms with Crippen molar-refractivity contribution in [2.24, 2.45) is 0 Å². The third-order valence-corrected chi connectivity index (χ3v) is 3.60. The highest BCUT2D eigenvalue weighted by Crippen LogP contribution is 2.25. The van der Waals surface area contributed by atoms with Gasteiger partial charge >= 0.3 is 0 Å². The Labute approximate surface area is 123 Å². The van der Waals surface area contributed by atoms with Crippen molar-refractivity contribution in [2.45, 2.75) is 17.8 Å². The molecule has 3 rings (SSSR count). The zero-order valence-electron chi connectivity index (χ0n) is 11.0. The van der Waals surface area contributed by atoms with E-state index >= 15 is 0 Å². The monoisotopic (exact) mass is 306 g/mol. The van der Waals surface area contributed by atoms with Gasteiger partial charge in [-0.25, -0.2) is 9.07 Å². The summed E-state index contributed by atoms with van der Waals surface area (Å²) in [6, 6.07) is 6.25. The molecular weight excluding hydrogens is 295 g/mol. The number of nitrogens with two attached hydrogens (primary N) is 1. The average Bonchev–Trinajstić information content (AvgIpc) is 3.04. The van der Waals surface area contributed by atoms with E-state index in [0.717, 1.165) is 0 Å². The molecule has 0 fully saturated rings. The molecule has 7 nitrogen and oxygen atoms in total. The molecule has 1 aromatic carbocycles. The van der Waals surface area contributed by atoms with Crippen LogP contribution in [0.3, 0.4) is 0 Å². The summed E-state index contributed by atoms with van der Waals surface area (Å²) in [5, 5.41) is 15.9. The third kappa shape index (κ3) is 2.72. The fraction of sp³-hybridized carbons (Fsp3) is 0.167. The molecule has 0 radical (unpaired) electrons. The maximum absolute atomic E-state index is 13.7. The number of hydrogen-bond donors (Lipinski definition) is 1. The van der Waals surface area contributed by atoms with E-state index in [4.69, 9.17) is 10.3 Å². The zero-order valence-corrected chi connectivity index (χ0v) is 11.8. The van der Waals surface area contributed by atoms with Gasteiger partial charge < -0.3 is 10.3 Å². The minimum Gasteiger partial charge on any atom is -0.425 e. The van der Waals surface area contributed by atoms with Crippen LogP contribution in [-0.2, 0) is 5.75 Å². The summed E-state index contributed by atoms with van der Waals surface area (Å²) in [6.45, 7) is 1.71. The number of aromatic nitrogens is 5. The van der Waals surface area contributed by atoms with Gasteiger partial charge in [0.1, 0.15) is 5.82 Å². The summed E-state index contributed by atoms with van der Waals surface area (Å²) in [5.74, 6) is 7.14. The number of aryl methyl sites for hydroxylation is 1. The van der Waals surface area contributed by atoms with E-state index in [0.29, 0.717) is 28.3 Å². The highest BCUT2D eigenvalue weighted by Gasteiger charge is 2.16. The first-order valence-corrected chi connectivity index (χ1v) is 7.01. The molecule has 9 heteroatoms. The van der Waals surface area contributed by atoms with Crippen LogP contribution in [0.4, 0.5) is 4.39 Å². The first kappa shape index (κ1) is 13.6. The molecule has 0 bridgehead atoms. The number of nitrogens with zero attached hydrogens (tertiary/aromatic N) is 5. The first-order valence-electron chi connectivity index (χ1n) is 6.02. The van der Waals surface area contributed by atoms with Gasteiger partial charge in [0.2, 0.25) is 16.9 Å². The quantitative estimate of drug-likeness (QED) is 0.579. The Morgan fingerprint density at radius 3 is 2.76 bits per heavy atom. The Kier molecular flexibility index (Phi) is 3.57. The van der Waals surface area contributed by atoms with Crippen molar-refractivity contribution >= 4 is 11.8 Å². The summed E-state index contributed by atoms with van der Waals surface area (Å²) >= 11 is 1.28. The van der Waals surface area contributed by atoms with Crippen molar-refractivity contribution in [3.8, 4) is 11.4 Å². The fourth-order valence-electron chi connectivity index (χ4n) is 1.72. The molecule has 0 unspecified atom stereocenters. The van der Waals surface area contributed by atoms with Gasteiger partial charge in [-0.2, -0.15) is 0 Å². The van der Waals surface area contributed by atoms with Crippen LogP contribution in [0.25, 0.3) is 11.4 Å². The lowest BCUT2D eigenvalue weighted by Gasteiger charge is -2.03. The Bertz CT molecular complexity index is 771. The highest BCUT2D eigenvalue weighted by atomic mass is 32.2. The van der Waals surface area contributed by atoms with Crippen LogP contribution in [0.2, 0.25) is 0 Å². The van der Waals surface area contributed by atoms with E-state index in [2.05, 4.69) is 20.4 Å². The Hall–Kier alpha value is -2.42. The van der Waals surface area contributed by atoms with Gasteiger partial charge in [0.15, 0.2) is 5.82 Å². The number of thioether (sulfide) groups is 1. The number of rotatable bonds is 4. The van der Waals surface area contributed by atoms with Crippen molar-refractivity contribution in [3.63, 3.8) is 0 Å². The molecular formula is C12H11FN6OS. The molecule has 108 valence electrons. The molecule has 2 N–H and O–H groups in total. The largest absolute Gasteiger partial charge is 0.425 e. The highest BCUT2D eigenvalue weighted by molar-refractivity contribution is 7.98. The number of benzene rings is 1. The van der Waals surface area contributed by atoms with E-state index in [-0.39, 0.29) is 5.82 Å². The zero-order chi connectivity index (χ0) is 14.8. The van der Waals surface area contributed by atoms with E-state index in [9.17, 15) is 4.39 Å². The predicted molar refractivity (Wildman–Crippen MR) is 74.2 cm³/mol. The topological polar surface area (TPSA) is 95.7 Å². The van der Waals surface area contributed by atoms with Gasteiger partial charge in [-0.15, -0.1) is 20.4 Å². The Balaban J connectivity index is 1.81. The lowest BCUT2D eigenvalue weighted by molar-refractivity contribution is 0.485. The van der Waals surface area contributed by atoms with Gasteiger partial charge in [0, 0.05) is 6.92 Å². The standard InChI is InChI=1S/C12H11FN6OS/c1-7-15-16-10(20-7)6-21-12-18-17-11(19(12)14)8-4-2-3-5-9(8)13/h2-5H,6,14H2,1H3. The van der Waals surface area contributed by atoms with Gasteiger partial charge in [0.25, 0.3) is 0 Å². The normalized spacial score (nSPS) is 11.0. The van der Waals surface area contributed by atoms with Crippen molar-refractivity contribution in [1.29, 1.82) is 0 Å². The molecule has 21 heavy (non-hydrogen) atoms. The van der Waals surface area contributed by atoms with E-state index in [1.807, 2.05) is 0 Å². The second-order valence-corrected chi connectivity index (χ2v) is 5.10. The van der Waals surface area contributed by atoms with E-state index in [1.54, 1.807) is 25.1 Å². The molecule has 2 heterocycles. The molecule has 0 saturated heterocycles. The molecule has 0 saturated carbocycles. The molecule has 0 spiro atoms. The third-order valence-electron chi connectivity index (χ3n) is 2.67. The molecule has 3 aromatic rings. The summed E-state index contributed by atoms with van der Waals surface area (Å²) < 4.78 is 20.2. The number of halogens is 1. The minimum absolute atomic E-state index is 0.261. The summed E-state index contributed by atoms with van der Waals surface area (Å²) in [4.78, 5) is 0. The van der Waals surface area contributed by atoms with Crippen LogP contribution >= 0.6 is 11.8 Å². The maximum atomic E-state index is 13.7. The van der Waals surface area contributed by atoms with Gasteiger partial charge in [-0.3, -0.25) is 0 Å². The second-order valence-electron chi connectivity index (χ2n) is 4.16. The van der Waals surface area contributed by atoms with Crippen LogP contribution in [0.15, 0.2) is 33.8 Å². The molecule has 0 aliphatic heterocycles. The smallest absolute Gasteiger partial charge is 0.226 e. The minimum atomic E-state index is -0.402. The lowest BCUT2D eigenvalue weighted by Crippen LogP contribution is -2.12. The van der Waals surface area contributed by atoms with Crippen molar-refractivity contribution in [1.82, 2.24) is 25.1 Å². The van der Waals surface area contributed by atoms with Gasteiger partial charge in [0.05, 0.1) is 11.3 Å². The van der Waals surface area contributed by atoms with Crippen molar-refractivity contribution in [3.05, 3.63) is 41.9 Å². The molecule has 0 aliphatic carbocycles. The lowest BCUT2D eigenvalue weighted by atomic mass is 10.2. The van der Waals surface area contributed by atoms with Crippen LogP contribution in [0, 0.1) is 12.7 Å². The van der Waals surface area contributed by atoms with Crippen LogP contribution in [0.1, 0.15) is 11.8 Å². The predicted octanol–water partition coefficient (Wildman–Crippen LogP) is 1.78. The average molecular weight is 306 g/mol. The van der Waals surface area contributed by atoms with Crippen LogP contribution in [-0.4, -0.2) is 25.1 Å². The fourth-order valence-corrected chi connectivity index (χ4v) is 2.42. The summed E-state index contributed by atoms with van der Waals surface area (Å²) in [7, 11) is 0. The van der Waals surface area contributed by atoms with Gasteiger partial charge in [-0.1, -0.05) is 23.9 Å². The van der Waals surface area contributed by atoms with Crippen molar-refractivity contribution < 1.29 is 8.81 Å². The second kappa shape index (κ2) is 5.52. The summed E-state index contributed by atoms with van der Waals surface area (Å²) in [5.41, 5.74) is 0.299. The molecule has 0 atom stereocenters. The van der Waals surface area contributed by atoms with Crippen molar-refractivity contribution in [2.75, 3.05) is 5.84 Å². The number of hydrogen-bond acceptors (Lipinski definition) is 7. The van der Waals surface area contributed by atoms with Crippen LogP contribution in [0.5, 0.6) is 0 Å². The van der Waals surface area contributed by atoms with Gasteiger partial charge in [-0.05, 0) is 12.1 Å². The maximum Gasteiger partial charge on any atom is 0.226 e. The van der Waals surface area contributed by atoms with Crippen LogP contribution < -0.4 is 5.84 Å². The summed E-state index contributed by atoms with van der Waals surface area (Å²) in [6.07, 6.45) is 0. The SMILES string of the molecule is Cc1nnc(CSc2nnc(-c3ccccc3F)n2N)o1. The Morgan fingerprint density at radius 1 is 1.24 bits per heavy atom. The molecule has 0 amide bonds. The Morgan fingerprint density at radius 2 is 2.05 bits per heavy atom. The van der Waals surface area contributed by atoms with E-state index < -0.39 is 5.82 Å². The number of nitrogen functional groups attached to an aromatic ring is 1.